The average Bonchev–Trinajstić information content (AvgIpc) is 2.26. The van der Waals surface area contributed by atoms with E-state index in [1.807, 2.05) is 0 Å². The molecule has 0 saturated heterocycles. The maximum atomic E-state index is 13.1. The van der Waals surface area contributed by atoms with Crippen molar-refractivity contribution >= 4 is 22.9 Å². The van der Waals surface area contributed by atoms with Crippen LogP contribution in [-0.4, -0.2) is 18.1 Å². The van der Waals surface area contributed by atoms with Crippen LogP contribution in [0.2, 0.25) is 0 Å². The molecule has 0 amide bonds. The van der Waals surface area contributed by atoms with E-state index in [-0.39, 0.29) is 10.8 Å². The lowest BCUT2D eigenvalue weighted by Crippen LogP contribution is -2.26. The minimum absolute atomic E-state index is 0.240. The second kappa shape index (κ2) is 5.80. The molecule has 1 aromatic rings. The maximum absolute atomic E-state index is 13.1. The van der Waals surface area contributed by atoms with Crippen molar-refractivity contribution in [2.75, 3.05) is 18.0 Å². The van der Waals surface area contributed by atoms with Crippen molar-refractivity contribution in [3.63, 3.8) is 0 Å². The quantitative estimate of drug-likeness (QED) is 0.802. The highest BCUT2D eigenvalue weighted by atomic mass is 32.1. The van der Waals surface area contributed by atoms with Crippen LogP contribution in [0.1, 0.15) is 25.8 Å². The Morgan fingerprint density at radius 3 is 2.62 bits per heavy atom. The van der Waals surface area contributed by atoms with Crippen LogP contribution < -0.4 is 10.6 Å². The molecule has 0 aliphatic heterocycles. The standard InChI is InChI=1S/C12H17FN2S/c1-3-7-15(4-2)11-6-5-9(13)8-10(11)12(14)16/h5-6,8H,3-4,7H2,1-2H3,(H2,14,16). The monoisotopic (exact) mass is 240 g/mol. The Bertz CT molecular complexity index is 379. The largest absolute Gasteiger partial charge is 0.389 e. The van der Waals surface area contributed by atoms with Gasteiger partial charge in [0.1, 0.15) is 10.8 Å². The SMILES string of the molecule is CCCN(CC)c1ccc(F)cc1C(N)=S. The second-order valence-corrected chi connectivity index (χ2v) is 4.05. The van der Waals surface area contributed by atoms with Crippen LogP contribution in [0.25, 0.3) is 0 Å². The van der Waals surface area contributed by atoms with E-state index in [1.165, 1.54) is 12.1 Å². The zero-order chi connectivity index (χ0) is 12.1. The maximum Gasteiger partial charge on any atom is 0.124 e. The van der Waals surface area contributed by atoms with Crippen molar-refractivity contribution in [2.45, 2.75) is 20.3 Å². The topological polar surface area (TPSA) is 29.3 Å². The number of halogens is 1. The number of rotatable bonds is 5. The first-order valence-corrected chi connectivity index (χ1v) is 5.85. The lowest BCUT2D eigenvalue weighted by atomic mass is 10.1. The van der Waals surface area contributed by atoms with Gasteiger partial charge in [-0.3, -0.25) is 0 Å². The molecule has 1 aromatic carbocycles. The van der Waals surface area contributed by atoms with E-state index >= 15 is 0 Å². The zero-order valence-corrected chi connectivity index (χ0v) is 10.5. The Morgan fingerprint density at radius 1 is 1.44 bits per heavy atom. The minimum atomic E-state index is -0.306. The molecule has 0 saturated carbocycles. The van der Waals surface area contributed by atoms with Gasteiger partial charge in [-0.1, -0.05) is 19.1 Å². The predicted octanol–water partition coefficient (Wildman–Crippen LogP) is 2.70. The third-order valence-electron chi connectivity index (χ3n) is 2.44. The van der Waals surface area contributed by atoms with E-state index in [4.69, 9.17) is 18.0 Å². The molecule has 0 fully saturated rings. The normalized spacial score (nSPS) is 10.2. The van der Waals surface area contributed by atoms with E-state index in [0.717, 1.165) is 25.2 Å². The summed E-state index contributed by atoms with van der Waals surface area (Å²) in [5, 5.41) is 0. The molecule has 88 valence electrons. The Kier molecular flexibility index (Phi) is 4.68. The summed E-state index contributed by atoms with van der Waals surface area (Å²) in [6, 6.07) is 4.58. The van der Waals surface area contributed by atoms with Gasteiger partial charge in [0.25, 0.3) is 0 Å². The summed E-state index contributed by atoms with van der Waals surface area (Å²) in [7, 11) is 0. The average molecular weight is 240 g/mol. The summed E-state index contributed by atoms with van der Waals surface area (Å²) < 4.78 is 13.1. The van der Waals surface area contributed by atoms with E-state index in [9.17, 15) is 4.39 Å². The Morgan fingerprint density at radius 2 is 2.12 bits per heavy atom. The van der Waals surface area contributed by atoms with Gasteiger partial charge in [-0.25, -0.2) is 4.39 Å². The van der Waals surface area contributed by atoms with Crippen molar-refractivity contribution in [1.82, 2.24) is 0 Å². The van der Waals surface area contributed by atoms with Crippen molar-refractivity contribution in [3.8, 4) is 0 Å². The summed E-state index contributed by atoms with van der Waals surface area (Å²) >= 11 is 4.94. The Balaban J connectivity index is 3.14. The van der Waals surface area contributed by atoms with Gasteiger partial charge in [0.2, 0.25) is 0 Å². The van der Waals surface area contributed by atoms with E-state index < -0.39 is 0 Å². The van der Waals surface area contributed by atoms with Crippen LogP contribution in [-0.2, 0) is 0 Å². The number of hydrogen-bond donors (Lipinski definition) is 1. The van der Waals surface area contributed by atoms with Crippen LogP contribution in [0.4, 0.5) is 10.1 Å². The fraction of sp³-hybridized carbons (Fsp3) is 0.417. The summed E-state index contributed by atoms with van der Waals surface area (Å²) in [6.07, 6.45) is 1.03. The number of benzene rings is 1. The van der Waals surface area contributed by atoms with Crippen LogP contribution >= 0.6 is 12.2 Å². The smallest absolute Gasteiger partial charge is 0.124 e. The second-order valence-electron chi connectivity index (χ2n) is 3.61. The molecular formula is C12H17FN2S. The van der Waals surface area contributed by atoms with Crippen LogP contribution in [0.3, 0.4) is 0 Å². The van der Waals surface area contributed by atoms with E-state index in [1.54, 1.807) is 6.07 Å². The fourth-order valence-electron chi connectivity index (χ4n) is 1.70. The van der Waals surface area contributed by atoms with Crippen molar-refractivity contribution in [2.24, 2.45) is 5.73 Å². The first-order chi connectivity index (χ1) is 7.60. The Hall–Kier alpha value is -1.16. The molecule has 0 unspecified atom stereocenters. The summed E-state index contributed by atoms with van der Waals surface area (Å²) in [6.45, 7) is 5.93. The van der Waals surface area contributed by atoms with Crippen LogP contribution in [0, 0.1) is 5.82 Å². The molecule has 16 heavy (non-hydrogen) atoms. The number of anilines is 1. The number of nitrogens with zero attached hydrogens (tertiary/aromatic N) is 1. The molecule has 2 nitrogen and oxygen atoms in total. The van der Waals surface area contributed by atoms with Gasteiger partial charge < -0.3 is 10.6 Å². The van der Waals surface area contributed by atoms with Gasteiger partial charge >= 0.3 is 0 Å². The highest BCUT2D eigenvalue weighted by Crippen LogP contribution is 2.21. The molecule has 0 aromatic heterocycles. The van der Waals surface area contributed by atoms with Crippen LogP contribution in [0.5, 0.6) is 0 Å². The molecule has 0 atom stereocenters. The van der Waals surface area contributed by atoms with Gasteiger partial charge in [0, 0.05) is 24.3 Å². The first-order valence-electron chi connectivity index (χ1n) is 5.44. The molecule has 0 radical (unpaired) electrons. The molecule has 0 aliphatic rings. The molecule has 2 N–H and O–H groups in total. The van der Waals surface area contributed by atoms with E-state index in [2.05, 4.69) is 18.7 Å². The summed E-state index contributed by atoms with van der Waals surface area (Å²) in [5.41, 5.74) is 7.14. The third kappa shape index (κ3) is 2.92. The first kappa shape index (κ1) is 12.9. The summed E-state index contributed by atoms with van der Waals surface area (Å²) in [5.74, 6) is -0.306. The lowest BCUT2D eigenvalue weighted by molar-refractivity contribution is 0.627. The predicted molar refractivity (Wildman–Crippen MR) is 70.5 cm³/mol. The number of thiocarbonyl (C=S) groups is 1. The molecular weight excluding hydrogens is 223 g/mol. The molecule has 0 heterocycles. The minimum Gasteiger partial charge on any atom is -0.389 e. The van der Waals surface area contributed by atoms with Gasteiger partial charge in [-0.05, 0) is 31.5 Å². The van der Waals surface area contributed by atoms with Crippen molar-refractivity contribution < 1.29 is 4.39 Å². The fourth-order valence-corrected chi connectivity index (χ4v) is 1.86. The molecule has 4 heteroatoms. The Labute approximate surface area is 101 Å². The van der Waals surface area contributed by atoms with Crippen molar-refractivity contribution in [1.29, 1.82) is 0 Å². The number of hydrogen-bond acceptors (Lipinski definition) is 2. The molecule has 0 spiro atoms. The molecule has 0 bridgehead atoms. The van der Waals surface area contributed by atoms with Crippen LogP contribution in [0.15, 0.2) is 18.2 Å². The number of nitrogens with two attached hydrogens (primary N) is 1. The summed E-state index contributed by atoms with van der Waals surface area (Å²) in [4.78, 5) is 2.39. The van der Waals surface area contributed by atoms with Gasteiger partial charge in [-0.15, -0.1) is 0 Å². The van der Waals surface area contributed by atoms with Gasteiger partial charge in [0.15, 0.2) is 0 Å². The highest BCUT2D eigenvalue weighted by molar-refractivity contribution is 7.80. The zero-order valence-electron chi connectivity index (χ0n) is 9.66. The third-order valence-corrected chi connectivity index (χ3v) is 2.66. The lowest BCUT2D eigenvalue weighted by Gasteiger charge is -2.24. The molecule has 0 aliphatic carbocycles. The van der Waals surface area contributed by atoms with Gasteiger partial charge in [0.05, 0.1) is 0 Å². The van der Waals surface area contributed by atoms with Gasteiger partial charge in [-0.2, -0.15) is 0 Å². The highest BCUT2D eigenvalue weighted by Gasteiger charge is 2.11. The van der Waals surface area contributed by atoms with Crippen molar-refractivity contribution in [3.05, 3.63) is 29.6 Å². The molecule has 1 rings (SSSR count). The van der Waals surface area contributed by atoms with E-state index in [0.29, 0.717) is 5.56 Å².